The van der Waals surface area contributed by atoms with Gasteiger partial charge in [0.2, 0.25) is 0 Å². The standard InChI is InChI=1S/C15H23N3O/c1-3-5-12-8-9-18(11-12)15(19)13-6-7-14(16-4-2)17-10-13/h6-7,10,12H,3-5,8-9,11H2,1-2H3,(H,16,17). The van der Waals surface area contributed by atoms with Crippen molar-refractivity contribution in [3.63, 3.8) is 0 Å². The minimum Gasteiger partial charge on any atom is -0.370 e. The van der Waals surface area contributed by atoms with Gasteiger partial charge in [0, 0.05) is 25.8 Å². The van der Waals surface area contributed by atoms with Crippen LogP contribution >= 0.6 is 0 Å². The lowest BCUT2D eigenvalue weighted by molar-refractivity contribution is 0.0786. The molecule has 19 heavy (non-hydrogen) atoms. The fraction of sp³-hybridized carbons (Fsp3) is 0.600. The van der Waals surface area contributed by atoms with Gasteiger partial charge >= 0.3 is 0 Å². The molecule has 4 nitrogen and oxygen atoms in total. The molecule has 0 saturated carbocycles. The van der Waals surface area contributed by atoms with Crippen LogP contribution in [0, 0.1) is 5.92 Å². The molecule has 1 aliphatic heterocycles. The van der Waals surface area contributed by atoms with E-state index in [1.54, 1.807) is 6.20 Å². The Kier molecular flexibility index (Phi) is 4.77. The van der Waals surface area contributed by atoms with Crippen LogP contribution in [0.3, 0.4) is 0 Å². The number of hydrogen-bond donors (Lipinski definition) is 1. The van der Waals surface area contributed by atoms with E-state index in [0.717, 1.165) is 31.9 Å². The van der Waals surface area contributed by atoms with Crippen LogP contribution in [0.1, 0.15) is 43.5 Å². The van der Waals surface area contributed by atoms with Crippen LogP contribution in [0.4, 0.5) is 5.82 Å². The molecular formula is C15H23N3O. The predicted molar refractivity (Wildman–Crippen MR) is 77.3 cm³/mol. The molecule has 1 aliphatic rings. The summed E-state index contributed by atoms with van der Waals surface area (Å²) in [5.74, 6) is 1.63. The molecule has 1 fully saturated rings. The number of amides is 1. The van der Waals surface area contributed by atoms with E-state index in [2.05, 4.69) is 17.2 Å². The van der Waals surface area contributed by atoms with E-state index in [0.29, 0.717) is 11.5 Å². The number of likely N-dealkylation sites (tertiary alicyclic amines) is 1. The van der Waals surface area contributed by atoms with E-state index in [1.165, 1.54) is 12.8 Å². The van der Waals surface area contributed by atoms with Crippen molar-refractivity contribution in [2.24, 2.45) is 5.92 Å². The van der Waals surface area contributed by atoms with Gasteiger partial charge in [-0.15, -0.1) is 0 Å². The van der Waals surface area contributed by atoms with E-state index < -0.39 is 0 Å². The number of carbonyl (C=O) groups is 1. The third-order valence-corrected chi connectivity index (χ3v) is 3.64. The lowest BCUT2D eigenvalue weighted by Gasteiger charge is -2.16. The zero-order chi connectivity index (χ0) is 13.7. The average Bonchev–Trinajstić information content (AvgIpc) is 2.88. The normalized spacial score (nSPS) is 18.6. The van der Waals surface area contributed by atoms with Gasteiger partial charge in [-0.2, -0.15) is 0 Å². The van der Waals surface area contributed by atoms with Crippen LogP contribution in [-0.2, 0) is 0 Å². The monoisotopic (exact) mass is 261 g/mol. The first-order valence-corrected chi connectivity index (χ1v) is 7.23. The molecule has 1 amide bonds. The van der Waals surface area contributed by atoms with Gasteiger partial charge < -0.3 is 10.2 Å². The Morgan fingerprint density at radius 2 is 2.32 bits per heavy atom. The maximum atomic E-state index is 12.3. The highest BCUT2D eigenvalue weighted by Gasteiger charge is 2.26. The van der Waals surface area contributed by atoms with E-state index in [9.17, 15) is 4.79 Å². The van der Waals surface area contributed by atoms with Crippen molar-refractivity contribution < 1.29 is 4.79 Å². The van der Waals surface area contributed by atoms with Crippen LogP contribution in [0.25, 0.3) is 0 Å². The largest absolute Gasteiger partial charge is 0.370 e. The summed E-state index contributed by atoms with van der Waals surface area (Å²) in [6.07, 6.45) is 5.24. The highest BCUT2D eigenvalue weighted by molar-refractivity contribution is 5.94. The summed E-state index contributed by atoms with van der Waals surface area (Å²) < 4.78 is 0. The van der Waals surface area contributed by atoms with Gasteiger partial charge in [0.05, 0.1) is 5.56 Å². The van der Waals surface area contributed by atoms with Crippen molar-refractivity contribution in [2.75, 3.05) is 25.0 Å². The molecule has 0 aromatic carbocycles. The Morgan fingerprint density at radius 1 is 1.47 bits per heavy atom. The number of carbonyl (C=O) groups excluding carboxylic acids is 1. The lowest BCUT2D eigenvalue weighted by atomic mass is 10.0. The summed E-state index contributed by atoms with van der Waals surface area (Å²) in [6, 6.07) is 3.73. The summed E-state index contributed by atoms with van der Waals surface area (Å²) in [5.41, 5.74) is 0.693. The van der Waals surface area contributed by atoms with Crippen LogP contribution < -0.4 is 5.32 Å². The Bertz CT molecular complexity index is 416. The first kappa shape index (κ1) is 13.8. The lowest BCUT2D eigenvalue weighted by Crippen LogP contribution is -2.28. The van der Waals surface area contributed by atoms with Gasteiger partial charge in [-0.05, 0) is 37.8 Å². The van der Waals surface area contributed by atoms with Crippen molar-refractivity contribution in [3.05, 3.63) is 23.9 Å². The number of anilines is 1. The van der Waals surface area contributed by atoms with Crippen molar-refractivity contribution in [3.8, 4) is 0 Å². The molecule has 0 bridgehead atoms. The molecule has 0 spiro atoms. The summed E-state index contributed by atoms with van der Waals surface area (Å²) in [5, 5.41) is 3.13. The molecule has 2 rings (SSSR count). The smallest absolute Gasteiger partial charge is 0.255 e. The van der Waals surface area contributed by atoms with E-state index in [-0.39, 0.29) is 5.91 Å². The van der Waals surface area contributed by atoms with Crippen LogP contribution in [0.15, 0.2) is 18.3 Å². The fourth-order valence-electron chi connectivity index (χ4n) is 2.65. The summed E-state index contributed by atoms with van der Waals surface area (Å²) in [6.45, 7) is 6.86. The summed E-state index contributed by atoms with van der Waals surface area (Å²) in [7, 11) is 0. The Hall–Kier alpha value is -1.58. The van der Waals surface area contributed by atoms with Crippen molar-refractivity contribution in [1.82, 2.24) is 9.88 Å². The molecule has 1 unspecified atom stereocenters. The molecule has 104 valence electrons. The Balaban J connectivity index is 1.96. The van der Waals surface area contributed by atoms with Gasteiger partial charge in [0.15, 0.2) is 0 Å². The SMILES string of the molecule is CCCC1CCN(C(=O)c2ccc(NCC)nc2)C1. The second kappa shape index (κ2) is 6.55. The van der Waals surface area contributed by atoms with Gasteiger partial charge in [-0.1, -0.05) is 13.3 Å². The number of aromatic nitrogens is 1. The molecule has 1 N–H and O–H groups in total. The average molecular weight is 261 g/mol. The van der Waals surface area contributed by atoms with Crippen LogP contribution in [0.5, 0.6) is 0 Å². The van der Waals surface area contributed by atoms with Crippen molar-refractivity contribution in [2.45, 2.75) is 33.1 Å². The second-order valence-electron chi connectivity index (χ2n) is 5.16. The van der Waals surface area contributed by atoms with Gasteiger partial charge in [-0.3, -0.25) is 4.79 Å². The maximum Gasteiger partial charge on any atom is 0.255 e. The maximum absolute atomic E-state index is 12.3. The van der Waals surface area contributed by atoms with E-state index in [1.807, 2.05) is 24.0 Å². The highest BCUT2D eigenvalue weighted by Crippen LogP contribution is 2.22. The van der Waals surface area contributed by atoms with Gasteiger partial charge in [-0.25, -0.2) is 4.98 Å². The molecule has 1 atom stereocenters. The quantitative estimate of drug-likeness (QED) is 0.886. The third kappa shape index (κ3) is 3.46. The molecule has 1 aromatic heterocycles. The third-order valence-electron chi connectivity index (χ3n) is 3.64. The number of pyridine rings is 1. The van der Waals surface area contributed by atoms with E-state index >= 15 is 0 Å². The van der Waals surface area contributed by atoms with E-state index in [4.69, 9.17) is 0 Å². The number of rotatable bonds is 5. The predicted octanol–water partition coefficient (Wildman–Crippen LogP) is 2.78. The topological polar surface area (TPSA) is 45.2 Å². The number of nitrogens with zero attached hydrogens (tertiary/aromatic N) is 2. The van der Waals surface area contributed by atoms with Crippen LogP contribution in [0.2, 0.25) is 0 Å². The fourth-order valence-corrected chi connectivity index (χ4v) is 2.65. The molecule has 0 radical (unpaired) electrons. The Labute approximate surface area is 115 Å². The minimum atomic E-state index is 0.120. The molecule has 1 aromatic rings. The molecule has 0 aliphatic carbocycles. The summed E-state index contributed by atoms with van der Waals surface area (Å²) in [4.78, 5) is 18.6. The van der Waals surface area contributed by atoms with Gasteiger partial charge in [0.1, 0.15) is 5.82 Å². The first-order valence-electron chi connectivity index (χ1n) is 7.23. The highest BCUT2D eigenvalue weighted by atomic mass is 16.2. The van der Waals surface area contributed by atoms with Gasteiger partial charge in [0.25, 0.3) is 5.91 Å². The van der Waals surface area contributed by atoms with Crippen LogP contribution in [-0.4, -0.2) is 35.4 Å². The molecular weight excluding hydrogens is 238 g/mol. The zero-order valence-corrected chi connectivity index (χ0v) is 11.9. The Morgan fingerprint density at radius 3 is 2.95 bits per heavy atom. The number of hydrogen-bond acceptors (Lipinski definition) is 3. The molecule has 2 heterocycles. The molecule has 1 saturated heterocycles. The second-order valence-corrected chi connectivity index (χ2v) is 5.16. The molecule has 4 heteroatoms. The zero-order valence-electron chi connectivity index (χ0n) is 11.9. The van der Waals surface area contributed by atoms with Crippen molar-refractivity contribution in [1.29, 1.82) is 0 Å². The first-order chi connectivity index (χ1) is 9.24. The summed E-state index contributed by atoms with van der Waals surface area (Å²) >= 11 is 0. The van der Waals surface area contributed by atoms with Crippen molar-refractivity contribution >= 4 is 11.7 Å². The number of nitrogens with one attached hydrogen (secondary N) is 1. The minimum absolute atomic E-state index is 0.120.